The maximum atomic E-state index is 12.4. The minimum absolute atomic E-state index is 0.0641. The second-order valence-corrected chi connectivity index (χ2v) is 7.84. The predicted molar refractivity (Wildman–Crippen MR) is 107 cm³/mol. The number of carbonyl (C=O) groups is 5. The number of amides is 3. The summed E-state index contributed by atoms with van der Waals surface area (Å²) in [5, 5.41) is 24.5. The molecule has 3 unspecified atom stereocenters. The normalized spacial score (nSPS) is 13.8. The van der Waals surface area contributed by atoms with Gasteiger partial charge in [0.2, 0.25) is 17.7 Å². The molecule has 3 atom stereocenters. The third kappa shape index (κ3) is 12.0. The molecule has 0 aliphatic carbocycles. The highest BCUT2D eigenvalue weighted by Gasteiger charge is 2.26. The van der Waals surface area contributed by atoms with Crippen LogP contribution < -0.4 is 21.7 Å². The Kier molecular flexibility index (Phi) is 12.7. The Labute approximate surface area is 173 Å². The Bertz CT molecular complexity index is 600. The average Bonchev–Trinajstić information content (AvgIpc) is 2.61. The zero-order valence-electron chi connectivity index (χ0n) is 16.8. The van der Waals surface area contributed by atoms with E-state index in [0.29, 0.717) is 18.6 Å². The van der Waals surface area contributed by atoms with Gasteiger partial charge in [-0.1, -0.05) is 13.8 Å². The Morgan fingerprint density at radius 2 is 1.62 bits per heavy atom. The van der Waals surface area contributed by atoms with Gasteiger partial charge in [-0.15, -0.1) is 0 Å². The zero-order chi connectivity index (χ0) is 22.6. The minimum atomic E-state index is -1.61. The molecule has 0 heterocycles. The van der Waals surface area contributed by atoms with Gasteiger partial charge >= 0.3 is 11.9 Å². The summed E-state index contributed by atoms with van der Waals surface area (Å²) in [6.45, 7) is 3.15. The van der Waals surface area contributed by atoms with Crippen molar-refractivity contribution in [3.05, 3.63) is 0 Å². The summed E-state index contributed by atoms with van der Waals surface area (Å²) in [7, 11) is 0. The van der Waals surface area contributed by atoms with E-state index < -0.39 is 60.8 Å². The predicted octanol–water partition coefficient (Wildman–Crippen LogP) is -1.24. The largest absolute Gasteiger partial charge is 0.481 e. The van der Waals surface area contributed by atoms with Crippen molar-refractivity contribution < 1.29 is 34.2 Å². The minimum Gasteiger partial charge on any atom is -0.481 e. The SMILES string of the molecule is CSCCC(N)C(=O)NC(CC(C)C)C(=O)NCC(=O)NC(CC(=O)O)C(=O)O. The van der Waals surface area contributed by atoms with Crippen LogP contribution in [-0.2, 0) is 24.0 Å². The molecular formula is C17H30N4O7S. The molecule has 3 amide bonds. The van der Waals surface area contributed by atoms with Crippen molar-refractivity contribution in [1.82, 2.24) is 16.0 Å². The fourth-order valence-corrected chi connectivity index (χ4v) is 2.76. The quantitative estimate of drug-likeness (QED) is 0.194. The van der Waals surface area contributed by atoms with E-state index in [1.807, 2.05) is 25.4 Å². The van der Waals surface area contributed by atoms with Crippen LogP contribution in [0.1, 0.15) is 33.1 Å². The molecule has 29 heavy (non-hydrogen) atoms. The highest BCUT2D eigenvalue weighted by molar-refractivity contribution is 7.98. The van der Waals surface area contributed by atoms with E-state index in [-0.39, 0.29) is 5.92 Å². The first-order valence-electron chi connectivity index (χ1n) is 9.04. The van der Waals surface area contributed by atoms with E-state index in [0.717, 1.165) is 0 Å². The Balaban J connectivity index is 4.80. The second-order valence-electron chi connectivity index (χ2n) is 6.85. The molecule has 0 saturated carbocycles. The van der Waals surface area contributed by atoms with Gasteiger partial charge in [0, 0.05) is 0 Å². The zero-order valence-corrected chi connectivity index (χ0v) is 17.6. The summed E-state index contributed by atoms with van der Waals surface area (Å²) in [4.78, 5) is 58.0. The number of nitrogens with two attached hydrogens (primary N) is 1. The van der Waals surface area contributed by atoms with Crippen molar-refractivity contribution in [2.24, 2.45) is 11.7 Å². The average molecular weight is 435 g/mol. The molecule has 0 saturated heterocycles. The van der Waals surface area contributed by atoms with Crippen LogP contribution in [0.3, 0.4) is 0 Å². The van der Waals surface area contributed by atoms with Crippen LogP contribution >= 0.6 is 11.8 Å². The summed E-state index contributed by atoms with van der Waals surface area (Å²) >= 11 is 1.54. The maximum absolute atomic E-state index is 12.4. The lowest BCUT2D eigenvalue weighted by molar-refractivity contribution is -0.147. The standard InChI is InChI=1S/C17H30N4O7S/c1-9(2)6-11(21-15(25)10(18)4-5-29-3)16(26)19-8-13(22)20-12(17(27)28)7-14(23)24/h9-12H,4-8,18H2,1-3H3,(H,19,26)(H,20,22)(H,21,25)(H,23,24)(H,27,28). The fraction of sp³-hybridized carbons (Fsp3) is 0.706. The molecule has 0 aliphatic heterocycles. The number of thioether (sulfide) groups is 1. The molecule has 0 bridgehead atoms. The van der Waals surface area contributed by atoms with Gasteiger partial charge < -0.3 is 31.9 Å². The van der Waals surface area contributed by atoms with Crippen LogP contribution in [0.25, 0.3) is 0 Å². The van der Waals surface area contributed by atoms with Crippen molar-refractivity contribution in [2.45, 2.75) is 51.2 Å². The van der Waals surface area contributed by atoms with Crippen molar-refractivity contribution in [1.29, 1.82) is 0 Å². The molecule has 0 radical (unpaired) electrons. The van der Waals surface area contributed by atoms with Crippen molar-refractivity contribution in [3.8, 4) is 0 Å². The Hall–Kier alpha value is -2.34. The van der Waals surface area contributed by atoms with Gasteiger partial charge in [-0.25, -0.2) is 4.79 Å². The van der Waals surface area contributed by atoms with Crippen molar-refractivity contribution in [3.63, 3.8) is 0 Å². The van der Waals surface area contributed by atoms with Gasteiger partial charge in [-0.2, -0.15) is 11.8 Å². The van der Waals surface area contributed by atoms with Gasteiger partial charge in [0.1, 0.15) is 12.1 Å². The van der Waals surface area contributed by atoms with Crippen LogP contribution in [0, 0.1) is 5.92 Å². The number of hydrogen-bond donors (Lipinski definition) is 6. The molecule has 0 aromatic heterocycles. The van der Waals surface area contributed by atoms with Crippen molar-refractivity contribution in [2.75, 3.05) is 18.6 Å². The molecule has 0 rings (SSSR count). The topological polar surface area (TPSA) is 188 Å². The second kappa shape index (κ2) is 13.8. The van der Waals surface area contributed by atoms with Crippen LogP contribution in [-0.4, -0.2) is 76.6 Å². The molecular weight excluding hydrogens is 404 g/mol. The van der Waals surface area contributed by atoms with E-state index in [1.165, 1.54) is 0 Å². The van der Waals surface area contributed by atoms with Crippen LogP contribution in [0.5, 0.6) is 0 Å². The van der Waals surface area contributed by atoms with E-state index in [9.17, 15) is 24.0 Å². The number of carbonyl (C=O) groups excluding carboxylic acids is 3. The van der Waals surface area contributed by atoms with Gasteiger partial charge in [0.05, 0.1) is 19.0 Å². The van der Waals surface area contributed by atoms with E-state index in [4.69, 9.17) is 15.9 Å². The number of carboxylic acids is 2. The summed E-state index contributed by atoms with van der Waals surface area (Å²) < 4.78 is 0. The molecule has 0 aromatic rings. The van der Waals surface area contributed by atoms with Crippen molar-refractivity contribution >= 4 is 41.4 Å². The van der Waals surface area contributed by atoms with Gasteiger partial charge in [-0.05, 0) is 30.8 Å². The molecule has 7 N–H and O–H groups in total. The van der Waals surface area contributed by atoms with Gasteiger partial charge in [0.25, 0.3) is 0 Å². The summed E-state index contributed by atoms with van der Waals surface area (Å²) in [5.74, 6) is -4.10. The summed E-state index contributed by atoms with van der Waals surface area (Å²) in [6.07, 6.45) is 1.85. The molecule has 11 nitrogen and oxygen atoms in total. The Morgan fingerprint density at radius 1 is 1.00 bits per heavy atom. The third-order valence-electron chi connectivity index (χ3n) is 3.75. The Morgan fingerprint density at radius 3 is 2.10 bits per heavy atom. The van der Waals surface area contributed by atoms with Gasteiger partial charge in [-0.3, -0.25) is 19.2 Å². The molecule has 0 aliphatic rings. The molecule has 12 heteroatoms. The maximum Gasteiger partial charge on any atom is 0.326 e. The number of aliphatic carboxylic acids is 2. The van der Waals surface area contributed by atoms with Crippen LogP contribution in [0.2, 0.25) is 0 Å². The lowest BCUT2D eigenvalue weighted by atomic mass is 10.0. The summed E-state index contributed by atoms with van der Waals surface area (Å²) in [6, 6.07) is -3.29. The lowest BCUT2D eigenvalue weighted by Gasteiger charge is -2.22. The molecule has 166 valence electrons. The number of rotatable bonds is 14. The molecule has 0 spiro atoms. The number of carboxylic acid groups (broad SMARTS) is 2. The van der Waals surface area contributed by atoms with E-state index >= 15 is 0 Å². The number of nitrogens with one attached hydrogen (secondary N) is 3. The highest BCUT2D eigenvalue weighted by atomic mass is 32.2. The number of hydrogen-bond acceptors (Lipinski definition) is 7. The fourth-order valence-electron chi connectivity index (χ4n) is 2.27. The molecule has 0 aromatic carbocycles. The first kappa shape index (κ1) is 26.7. The highest BCUT2D eigenvalue weighted by Crippen LogP contribution is 2.06. The smallest absolute Gasteiger partial charge is 0.326 e. The van der Waals surface area contributed by atoms with Crippen LogP contribution in [0.4, 0.5) is 0 Å². The first-order valence-corrected chi connectivity index (χ1v) is 10.4. The lowest BCUT2D eigenvalue weighted by Crippen LogP contribution is -2.54. The summed E-state index contributed by atoms with van der Waals surface area (Å²) in [5.41, 5.74) is 5.80. The molecule has 0 fully saturated rings. The van der Waals surface area contributed by atoms with E-state index in [1.54, 1.807) is 11.8 Å². The van der Waals surface area contributed by atoms with E-state index in [2.05, 4.69) is 10.6 Å². The monoisotopic (exact) mass is 434 g/mol. The van der Waals surface area contributed by atoms with Gasteiger partial charge in [0.15, 0.2) is 0 Å². The first-order chi connectivity index (χ1) is 13.5. The third-order valence-corrected chi connectivity index (χ3v) is 4.39. The van der Waals surface area contributed by atoms with Crippen LogP contribution in [0.15, 0.2) is 0 Å².